The van der Waals surface area contributed by atoms with Crippen LogP contribution in [-0.4, -0.2) is 64.3 Å². The lowest BCUT2D eigenvalue weighted by molar-refractivity contribution is -0.0528. The minimum atomic E-state index is -3.01. The van der Waals surface area contributed by atoms with Gasteiger partial charge in [-0.15, -0.1) is 0 Å². The van der Waals surface area contributed by atoms with Crippen LogP contribution in [0.3, 0.4) is 0 Å². The zero-order valence-corrected chi connectivity index (χ0v) is 18.3. The number of ether oxygens (including phenoxy) is 1. The predicted molar refractivity (Wildman–Crippen MR) is 123 cm³/mol. The molecule has 5 rings (SSSR count). The van der Waals surface area contributed by atoms with Gasteiger partial charge >= 0.3 is 6.61 Å². The summed E-state index contributed by atoms with van der Waals surface area (Å²) in [6.45, 7) is 0.986. The number of anilines is 3. The number of pyridine rings is 1. The number of hydrogen-bond acceptors (Lipinski definition) is 7. The lowest BCUT2D eigenvalue weighted by Gasteiger charge is -2.34. The third kappa shape index (κ3) is 4.60. The van der Waals surface area contributed by atoms with E-state index in [4.69, 9.17) is 0 Å². The Morgan fingerprint density at radius 3 is 2.50 bits per heavy atom. The zero-order valence-electron chi connectivity index (χ0n) is 18.3. The fourth-order valence-corrected chi connectivity index (χ4v) is 3.85. The number of hydrogen-bond donors (Lipinski definition) is 1. The number of fused-ring (bicyclic) bond motifs is 1. The maximum Gasteiger partial charge on any atom is 0.388 e. The van der Waals surface area contributed by atoms with Crippen molar-refractivity contribution in [1.29, 1.82) is 0 Å². The molecule has 0 bridgehead atoms. The topological polar surface area (TPSA) is 71.3 Å². The molecule has 1 fully saturated rings. The lowest BCUT2D eigenvalue weighted by atomic mass is 10.2. The number of likely N-dealkylation sites (N-methyl/N-ethyl adjacent to an activating group) is 1. The highest BCUT2D eigenvalue weighted by molar-refractivity contribution is 5.79. The molecule has 0 atom stereocenters. The largest absolute Gasteiger partial charge is 0.417 e. The first kappa shape index (κ1) is 22.0. The standard InChI is InChI=1S/C23H22F3N7O/c1-31-9-11-32(12-10-31)16-7-5-15(6-8-16)28-23-27-13-17-18(24)14-33(21(17)30-23)19-3-2-4-20(29-19)34-22(25)26/h2-8,13-14,22H,9-12H2,1H3,(H,27,28,30). The molecule has 0 amide bonds. The third-order valence-corrected chi connectivity index (χ3v) is 5.65. The molecule has 0 radical (unpaired) electrons. The van der Waals surface area contributed by atoms with Gasteiger partial charge < -0.3 is 19.9 Å². The molecule has 0 saturated carbocycles. The molecule has 1 aliphatic rings. The van der Waals surface area contributed by atoms with Crippen LogP contribution in [0.1, 0.15) is 0 Å². The Morgan fingerprint density at radius 1 is 1.00 bits per heavy atom. The molecular weight excluding hydrogens is 447 g/mol. The second kappa shape index (κ2) is 9.18. The van der Waals surface area contributed by atoms with Crippen LogP contribution in [0, 0.1) is 5.82 Å². The van der Waals surface area contributed by atoms with E-state index in [2.05, 4.69) is 41.9 Å². The normalized spacial score (nSPS) is 14.7. The highest BCUT2D eigenvalue weighted by Gasteiger charge is 2.16. The zero-order chi connectivity index (χ0) is 23.7. The molecule has 4 aromatic rings. The fraction of sp³-hybridized carbons (Fsp3) is 0.261. The van der Waals surface area contributed by atoms with Crippen LogP contribution in [0.25, 0.3) is 16.9 Å². The van der Waals surface area contributed by atoms with Crippen molar-refractivity contribution in [3.63, 3.8) is 0 Å². The van der Waals surface area contributed by atoms with Gasteiger partial charge in [-0.05, 0) is 37.4 Å². The van der Waals surface area contributed by atoms with Gasteiger partial charge in [0.1, 0.15) is 5.82 Å². The summed E-state index contributed by atoms with van der Waals surface area (Å²) in [5, 5.41) is 3.31. The summed E-state index contributed by atoms with van der Waals surface area (Å²) in [4.78, 5) is 17.3. The van der Waals surface area contributed by atoms with Crippen LogP contribution < -0.4 is 15.0 Å². The van der Waals surface area contributed by atoms with Crippen LogP contribution in [0.4, 0.5) is 30.5 Å². The number of halogens is 3. The average Bonchev–Trinajstić information content (AvgIpc) is 3.16. The molecule has 1 aromatic carbocycles. The van der Waals surface area contributed by atoms with E-state index in [-0.39, 0.29) is 28.7 Å². The van der Waals surface area contributed by atoms with E-state index in [9.17, 15) is 13.2 Å². The molecule has 1 saturated heterocycles. The predicted octanol–water partition coefficient (Wildman–Crippen LogP) is 4.05. The smallest absolute Gasteiger partial charge is 0.388 e. The van der Waals surface area contributed by atoms with E-state index in [1.807, 2.05) is 24.3 Å². The van der Waals surface area contributed by atoms with Crippen LogP contribution in [0.15, 0.2) is 54.9 Å². The van der Waals surface area contributed by atoms with Gasteiger partial charge in [-0.1, -0.05) is 6.07 Å². The summed E-state index contributed by atoms with van der Waals surface area (Å²) in [5.41, 5.74) is 2.16. The Morgan fingerprint density at radius 2 is 1.76 bits per heavy atom. The van der Waals surface area contributed by atoms with Gasteiger partial charge in [-0.3, -0.25) is 4.57 Å². The number of alkyl halides is 2. The third-order valence-electron chi connectivity index (χ3n) is 5.65. The van der Waals surface area contributed by atoms with Crippen molar-refractivity contribution in [3.8, 4) is 11.7 Å². The van der Waals surface area contributed by atoms with Gasteiger partial charge in [0.25, 0.3) is 0 Å². The molecule has 11 heteroatoms. The van der Waals surface area contributed by atoms with E-state index in [1.54, 1.807) is 6.07 Å². The number of piperazine rings is 1. The van der Waals surface area contributed by atoms with Crippen molar-refractivity contribution in [2.45, 2.75) is 6.61 Å². The fourth-order valence-electron chi connectivity index (χ4n) is 3.85. The first-order chi connectivity index (χ1) is 16.5. The Hall–Kier alpha value is -3.86. The van der Waals surface area contributed by atoms with Crippen molar-refractivity contribution in [3.05, 3.63) is 60.7 Å². The van der Waals surface area contributed by atoms with Crippen molar-refractivity contribution < 1.29 is 17.9 Å². The molecule has 8 nitrogen and oxygen atoms in total. The lowest BCUT2D eigenvalue weighted by Crippen LogP contribution is -2.44. The number of nitrogens with one attached hydrogen (secondary N) is 1. The molecule has 34 heavy (non-hydrogen) atoms. The molecule has 4 heterocycles. The maximum absolute atomic E-state index is 14.5. The molecule has 3 aromatic heterocycles. The molecule has 0 aliphatic carbocycles. The van der Waals surface area contributed by atoms with Crippen LogP contribution in [0.5, 0.6) is 5.88 Å². The quantitative estimate of drug-likeness (QED) is 0.457. The maximum atomic E-state index is 14.5. The van der Waals surface area contributed by atoms with Crippen molar-refractivity contribution in [2.75, 3.05) is 43.4 Å². The molecule has 176 valence electrons. The van der Waals surface area contributed by atoms with Gasteiger partial charge in [0.2, 0.25) is 11.8 Å². The number of nitrogens with zero attached hydrogens (tertiary/aromatic N) is 6. The van der Waals surface area contributed by atoms with E-state index >= 15 is 0 Å². The highest BCUT2D eigenvalue weighted by Crippen LogP contribution is 2.25. The van der Waals surface area contributed by atoms with Crippen molar-refractivity contribution >= 4 is 28.4 Å². The Balaban J connectivity index is 1.39. The van der Waals surface area contributed by atoms with E-state index < -0.39 is 12.4 Å². The van der Waals surface area contributed by atoms with E-state index in [0.29, 0.717) is 0 Å². The monoisotopic (exact) mass is 469 g/mol. The van der Waals surface area contributed by atoms with Crippen LogP contribution in [0.2, 0.25) is 0 Å². The first-order valence-electron chi connectivity index (χ1n) is 10.7. The summed E-state index contributed by atoms with van der Waals surface area (Å²) in [6, 6.07) is 12.3. The summed E-state index contributed by atoms with van der Waals surface area (Å²) in [5.74, 6) is -0.380. The number of benzene rings is 1. The summed E-state index contributed by atoms with van der Waals surface area (Å²) in [7, 11) is 2.12. The molecule has 1 N–H and O–H groups in total. The summed E-state index contributed by atoms with van der Waals surface area (Å²) >= 11 is 0. The molecular formula is C23H22F3N7O. The van der Waals surface area contributed by atoms with Gasteiger partial charge in [0.15, 0.2) is 11.5 Å². The first-order valence-corrected chi connectivity index (χ1v) is 10.7. The van der Waals surface area contributed by atoms with Gasteiger partial charge in [0.05, 0.1) is 5.39 Å². The van der Waals surface area contributed by atoms with Gasteiger partial charge in [-0.25, -0.2) is 9.37 Å². The minimum Gasteiger partial charge on any atom is -0.417 e. The molecule has 0 unspecified atom stereocenters. The van der Waals surface area contributed by atoms with E-state index in [0.717, 1.165) is 37.6 Å². The summed E-state index contributed by atoms with van der Waals surface area (Å²) < 4.78 is 45.3. The number of rotatable bonds is 6. The van der Waals surface area contributed by atoms with Crippen LogP contribution >= 0.6 is 0 Å². The van der Waals surface area contributed by atoms with Crippen LogP contribution in [-0.2, 0) is 0 Å². The molecule has 0 spiro atoms. The van der Waals surface area contributed by atoms with Crippen molar-refractivity contribution in [1.82, 2.24) is 24.4 Å². The second-order valence-electron chi connectivity index (χ2n) is 7.95. The Kier molecular flexibility index (Phi) is 5.93. The Labute approximate surface area is 193 Å². The van der Waals surface area contributed by atoms with Gasteiger partial charge in [-0.2, -0.15) is 18.7 Å². The Bertz CT molecular complexity index is 1290. The SMILES string of the molecule is CN1CCN(c2ccc(Nc3ncc4c(F)cn(-c5cccc(OC(F)F)n5)c4n3)cc2)CC1. The number of aromatic nitrogens is 4. The van der Waals surface area contributed by atoms with E-state index in [1.165, 1.54) is 29.1 Å². The minimum absolute atomic E-state index is 0.179. The molecule has 1 aliphatic heterocycles. The average molecular weight is 469 g/mol. The second-order valence-corrected chi connectivity index (χ2v) is 7.95. The highest BCUT2D eigenvalue weighted by atomic mass is 19.3. The van der Waals surface area contributed by atoms with Gasteiger partial charge in [0, 0.05) is 56.0 Å². The van der Waals surface area contributed by atoms with Crippen molar-refractivity contribution in [2.24, 2.45) is 0 Å². The summed E-state index contributed by atoms with van der Waals surface area (Å²) in [6.07, 6.45) is 2.55.